The molecule has 2 rings (SSSR count). The number of amides is 3. The van der Waals surface area contributed by atoms with Gasteiger partial charge in [-0.2, -0.15) is 0 Å². The number of halogens is 1. The van der Waals surface area contributed by atoms with Crippen LogP contribution >= 0.6 is 11.6 Å². The summed E-state index contributed by atoms with van der Waals surface area (Å²) in [4.78, 5) is 24.8. The first-order chi connectivity index (χ1) is 9.38. The summed E-state index contributed by atoms with van der Waals surface area (Å²) in [5, 5.41) is 3.08. The Morgan fingerprint density at radius 3 is 2.65 bits per heavy atom. The zero-order valence-corrected chi connectivity index (χ0v) is 12.8. The number of carbonyl (C=O) groups is 2. The van der Waals surface area contributed by atoms with E-state index in [1.54, 1.807) is 4.90 Å². The molecule has 1 fully saturated rings. The van der Waals surface area contributed by atoms with Crippen molar-refractivity contribution in [1.29, 1.82) is 0 Å². The van der Waals surface area contributed by atoms with Crippen molar-refractivity contribution < 1.29 is 9.59 Å². The summed E-state index contributed by atoms with van der Waals surface area (Å²) in [7, 11) is 0. The van der Waals surface area contributed by atoms with E-state index in [2.05, 4.69) is 19.2 Å². The second kappa shape index (κ2) is 5.83. The molecule has 1 aromatic carbocycles. The molecular weight excluding hydrogens is 276 g/mol. The van der Waals surface area contributed by atoms with Gasteiger partial charge in [0, 0.05) is 23.7 Å². The lowest BCUT2D eigenvalue weighted by molar-refractivity contribution is -0.120. The summed E-state index contributed by atoms with van der Waals surface area (Å²) in [5.41, 5.74) is 2.80. The molecule has 0 aromatic heterocycles. The van der Waals surface area contributed by atoms with Crippen molar-refractivity contribution in [2.24, 2.45) is 5.92 Å². The van der Waals surface area contributed by atoms with Crippen LogP contribution in [0, 0.1) is 12.8 Å². The Bertz CT molecular complexity index is 555. The molecule has 0 atom stereocenters. The average Bonchev–Trinajstić information content (AvgIpc) is 2.33. The van der Waals surface area contributed by atoms with Gasteiger partial charge in [0.05, 0.1) is 0 Å². The third-order valence-electron chi connectivity index (χ3n) is 3.34. The Labute approximate surface area is 124 Å². The van der Waals surface area contributed by atoms with Gasteiger partial charge in [-0.1, -0.05) is 25.4 Å². The molecule has 1 aromatic rings. The summed E-state index contributed by atoms with van der Waals surface area (Å²) in [5.74, 6) is 0.264. The second-order valence-corrected chi connectivity index (χ2v) is 5.99. The maximum Gasteiger partial charge on any atom is 0.328 e. The van der Waals surface area contributed by atoms with Gasteiger partial charge >= 0.3 is 6.03 Å². The molecule has 108 valence electrons. The van der Waals surface area contributed by atoms with Crippen LogP contribution in [0.1, 0.15) is 31.4 Å². The monoisotopic (exact) mass is 294 g/mol. The summed E-state index contributed by atoms with van der Waals surface area (Å²) in [6, 6.07) is 3.49. The molecule has 0 saturated carbocycles. The molecular formula is C15H19ClN2O2. The number of urea groups is 1. The van der Waals surface area contributed by atoms with Crippen LogP contribution in [0.15, 0.2) is 12.1 Å². The van der Waals surface area contributed by atoms with E-state index < -0.39 is 0 Å². The Balaban J connectivity index is 2.35. The third-order valence-corrected chi connectivity index (χ3v) is 3.69. The molecule has 1 saturated heterocycles. The van der Waals surface area contributed by atoms with E-state index in [-0.39, 0.29) is 11.9 Å². The largest absolute Gasteiger partial charge is 0.328 e. The fourth-order valence-corrected chi connectivity index (χ4v) is 2.68. The minimum absolute atomic E-state index is 0.222. The van der Waals surface area contributed by atoms with Crippen molar-refractivity contribution in [3.05, 3.63) is 28.3 Å². The minimum Gasteiger partial charge on any atom is -0.293 e. The highest BCUT2D eigenvalue weighted by Crippen LogP contribution is 2.30. The van der Waals surface area contributed by atoms with E-state index in [1.165, 1.54) is 0 Å². The zero-order chi connectivity index (χ0) is 14.9. The summed E-state index contributed by atoms with van der Waals surface area (Å²) < 4.78 is 0. The van der Waals surface area contributed by atoms with Crippen LogP contribution in [0.4, 0.5) is 10.5 Å². The highest BCUT2D eigenvalue weighted by Gasteiger charge is 2.25. The van der Waals surface area contributed by atoms with Crippen molar-refractivity contribution in [3.63, 3.8) is 0 Å². The van der Waals surface area contributed by atoms with Gasteiger partial charge in [0.1, 0.15) is 0 Å². The summed E-state index contributed by atoms with van der Waals surface area (Å²) in [6.07, 6.45) is 1.19. The Morgan fingerprint density at radius 2 is 2.05 bits per heavy atom. The molecule has 1 N–H and O–H groups in total. The quantitative estimate of drug-likeness (QED) is 0.930. The highest BCUT2D eigenvalue weighted by molar-refractivity contribution is 6.31. The molecule has 0 spiro atoms. The molecule has 1 heterocycles. The maximum absolute atomic E-state index is 11.9. The maximum atomic E-state index is 11.9. The molecule has 0 bridgehead atoms. The van der Waals surface area contributed by atoms with Crippen LogP contribution in [0.25, 0.3) is 0 Å². The van der Waals surface area contributed by atoms with Gasteiger partial charge in [-0.05, 0) is 42.5 Å². The Hall–Kier alpha value is -1.55. The number of rotatable bonds is 3. The van der Waals surface area contributed by atoms with E-state index in [1.807, 2.05) is 19.1 Å². The number of nitrogens with zero attached hydrogens (tertiary/aromatic N) is 1. The van der Waals surface area contributed by atoms with Crippen molar-refractivity contribution >= 4 is 29.2 Å². The van der Waals surface area contributed by atoms with Crippen LogP contribution in [-0.4, -0.2) is 18.5 Å². The van der Waals surface area contributed by atoms with E-state index >= 15 is 0 Å². The van der Waals surface area contributed by atoms with Crippen molar-refractivity contribution in [2.45, 2.75) is 33.6 Å². The SMILES string of the molecule is Cc1cc(Cl)c(CC(C)C)cc1N1CCC(=O)NC1=O. The van der Waals surface area contributed by atoms with Gasteiger partial charge in [0.2, 0.25) is 5.91 Å². The molecule has 5 heteroatoms. The number of hydrogen-bond acceptors (Lipinski definition) is 2. The van der Waals surface area contributed by atoms with Crippen LogP contribution in [0.2, 0.25) is 5.02 Å². The number of nitrogens with one attached hydrogen (secondary N) is 1. The molecule has 3 amide bonds. The number of benzene rings is 1. The minimum atomic E-state index is -0.359. The van der Waals surface area contributed by atoms with Gasteiger partial charge < -0.3 is 0 Å². The number of hydrogen-bond donors (Lipinski definition) is 1. The van der Waals surface area contributed by atoms with E-state index in [0.717, 1.165) is 28.3 Å². The van der Waals surface area contributed by atoms with Crippen LogP contribution in [0.3, 0.4) is 0 Å². The lowest BCUT2D eigenvalue weighted by atomic mass is 10.00. The first kappa shape index (κ1) is 14.9. The smallest absolute Gasteiger partial charge is 0.293 e. The third kappa shape index (κ3) is 3.12. The van der Waals surface area contributed by atoms with Crippen molar-refractivity contribution in [1.82, 2.24) is 5.32 Å². The second-order valence-electron chi connectivity index (χ2n) is 5.58. The van der Waals surface area contributed by atoms with Gasteiger partial charge in [0.15, 0.2) is 0 Å². The van der Waals surface area contributed by atoms with E-state index in [9.17, 15) is 9.59 Å². The van der Waals surface area contributed by atoms with E-state index in [4.69, 9.17) is 11.6 Å². The molecule has 20 heavy (non-hydrogen) atoms. The van der Waals surface area contributed by atoms with Gasteiger partial charge in [-0.25, -0.2) is 4.79 Å². The lowest BCUT2D eigenvalue weighted by Gasteiger charge is -2.28. The molecule has 1 aliphatic heterocycles. The van der Waals surface area contributed by atoms with Crippen LogP contribution in [-0.2, 0) is 11.2 Å². The molecule has 0 aliphatic carbocycles. The fraction of sp³-hybridized carbons (Fsp3) is 0.467. The number of aryl methyl sites for hydroxylation is 1. The molecule has 4 nitrogen and oxygen atoms in total. The Kier molecular flexibility index (Phi) is 4.33. The predicted octanol–water partition coefficient (Wildman–Crippen LogP) is 3.29. The number of imide groups is 1. The highest BCUT2D eigenvalue weighted by atomic mass is 35.5. The van der Waals surface area contributed by atoms with E-state index in [0.29, 0.717) is 18.9 Å². The summed E-state index contributed by atoms with van der Waals surface area (Å²) in [6.45, 7) is 6.59. The van der Waals surface area contributed by atoms with Crippen molar-refractivity contribution in [3.8, 4) is 0 Å². The zero-order valence-electron chi connectivity index (χ0n) is 12.0. The van der Waals surface area contributed by atoms with Crippen LogP contribution < -0.4 is 10.2 Å². The molecule has 0 unspecified atom stereocenters. The lowest BCUT2D eigenvalue weighted by Crippen LogP contribution is -2.49. The van der Waals surface area contributed by atoms with Gasteiger partial charge in [0.25, 0.3) is 0 Å². The van der Waals surface area contributed by atoms with Gasteiger partial charge in [-0.15, -0.1) is 0 Å². The van der Waals surface area contributed by atoms with Gasteiger partial charge in [-0.3, -0.25) is 15.0 Å². The van der Waals surface area contributed by atoms with Crippen molar-refractivity contribution in [2.75, 3.05) is 11.4 Å². The van der Waals surface area contributed by atoms with Crippen LogP contribution in [0.5, 0.6) is 0 Å². The Morgan fingerprint density at radius 1 is 1.35 bits per heavy atom. The number of anilines is 1. The number of carbonyl (C=O) groups excluding carboxylic acids is 2. The summed E-state index contributed by atoms with van der Waals surface area (Å²) >= 11 is 6.27. The average molecular weight is 295 g/mol. The molecule has 1 aliphatic rings. The standard InChI is InChI=1S/C15H19ClN2O2/c1-9(2)6-11-8-13(10(3)7-12(11)16)18-5-4-14(19)17-15(18)20/h7-9H,4-6H2,1-3H3,(H,17,19,20). The first-order valence-corrected chi connectivity index (χ1v) is 7.16. The first-order valence-electron chi connectivity index (χ1n) is 6.79. The normalized spacial score (nSPS) is 15.8. The fourth-order valence-electron chi connectivity index (χ4n) is 2.39. The topological polar surface area (TPSA) is 49.4 Å². The molecule has 0 radical (unpaired) electrons. The predicted molar refractivity (Wildman–Crippen MR) is 80.2 cm³/mol.